The van der Waals surface area contributed by atoms with Crippen LogP contribution in [0.25, 0.3) is 16.9 Å². The number of H-pyrrole nitrogens is 1. The van der Waals surface area contributed by atoms with Gasteiger partial charge in [0.1, 0.15) is 5.82 Å². The molecule has 176 valence electrons. The number of hydrogen-bond acceptors (Lipinski definition) is 5. The zero-order valence-corrected chi connectivity index (χ0v) is 19.9. The monoisotopic (exact) mass is 458 g/mol. The fourth-order valence-electron chi connectivity index (χ4n) is 4.40. The molecule has 8 nitrogen and oxygen atoms in total. The van der Waals surface area contributed by atoms with Crippen molar-refractivity contribution in [3.63, 3.8) is 0 Å². The van der Waals surface area contributed by atoms with Crippen LogP contribution in [0.4, 0.5) is 0 Å². The van der Waals surface area contributed by atoms with Gasteiger partial charge < -0.3 is 4.90 Å². The molecule has 0 spiro atoms. The molecule has 0 unspecified atom stereocenters. The molecule has 2 fully saturated rings. The zero-order chi connectivity index (χ0) is 24.4. The van der Waals surface area contributed by atoms with Crippen LogP contribution in [0.2, 0.25) is 0 Å². The van der Waals surface area contributed by atoms with Gasteiger partial charge >= 0.3 is 0 Å². The van der Waals surface area contributed by atoms with Gasteiger partial charge in [-0.3, -0.25) is 19.6 Å². The summed E-state index contributed by atoms with van der Waals surface area (Å²) in [6, 6.07) is 8.36. The third-order valence-electron chi connectivity index (χ3n) is 6.96. The Morgan fingerprint density at radius 3 is 2.62 bits per heavy atom. The highest BCUT2D eigenvalue weighted by molar-refractivity contribution is 6.12. The molecule has 8 heteroatoms. The van der Waals surface area contributed by atoms with E-state index in [0.717, 1.165) is 24.2 Å². The first kappa shape index (κ1) is 23.5. The van der Waals surface area contributed by atoms with Gasteiger partial charge in [0.15, 0.2) is 0 Å². The van der Waals surface area contributed by atoms with Crippen LogP contribution in [0.3, 0.4) is 0 Å². The van der Waals surface area contributed by atoms with Crippen molar-refractivity contribution in [1.82, 2.24) is 19.6 Å². The highest BCUT2D eigenvalue weighted by Gasteiger charge is 2.37. The largest absolute Gasteiger partial charge is 0.335 e. The molecule has 34 heavy (non-hydrogen) atoms. The number of aryl methyl sites for hydroxylation is 1. The summed E-state index contributed by atoms with van der Waals surface area (Å²) in [4.78, 5) is 34.4. The van der Waals surface area contributed by atoms with E-state index in [1.54, 1.807) is 37.4 Å². The summed E-state index contributed by atoms with van der Waals surface area (Å²) < 4.78 is 1.24. The number of aliphatic imine (C=N–C) groups is 1. The van der Waals surface area contributed by atoms with Crippen molar-refractivity contribution in [1.29, 1.82) is 5.26 Å². The van der Waals surface area contributed by atoms with E-state index in [1.807, 2.05) is 11.8 Å². The minimum Gasteiger partial charge on any atom is -0.335 e. The fourth-order valence-corrected chi connectivity index (χ4v) is 4.40. The number of aromatic amines is 1. The maximum atomic E-state index is 13.0. The van der Waals surface area contributed by atoms with E-state index in [9.17, 15) is 9.59 Å². The average Bonchev–Trinajstić information content (AvgIpc) is 3.12. The van der Waals surface area contributed by atoms with Crippen LogP contribution in [-0.2, 0) is 4.79 Å². The Morgan fingerprint density at radius 1 is 1.29 bits per heavy atom. The Kier molecular flexibility index (Phi) is 6.66. The number of carbonyl (C=O) groups is 1. The first-order valence-corrected chi connectivity index (χ1v) is 11.6. The molecule has 1 N–H and O–H groups in total. The third kappa shape index (κ3) is 4.39. The Morgan fingerprint density at radius 2 is 2.03 bits per heavy atom. The second-order valence-corrected chi connectivity index (χ2v) is 9.00. The van der Waals surface area contributed by atoms with Crippen molar-refractivity contribution in [2.45, 2.75) is 45.2 Å². The number of amides is 1. The molecule has 1 aliphatic heterocycles. The molecular weight excluding hydrogens is 428 g/mol. The van der Waals surface area contributed by atoms with E-state index < -0.39 is 0 Å². The number of allylic oxidation sites excluding steroid dienone is 1. The van der Waals surface area contributed by atoms with E-state index >= 15 is 0 Å². The molecule has 1 amide bonds. The van der Waals surface area contributed by atoms with Gasteiger partial charge in [0.2, 0.25) is 0 Å². The zero-order valence-electron chi connectivity index (χ0n) is 19.9. The van der Waals surface area contributed by atoms with Crippen LogP contribution >= 0.6 is 0 Å². The van der Waals surface area contributed by atoms with E-state index in [0.29, 0.717) is 28.8 Å². The van der Waals surface area contributed by atoms with Gasteiger partial charge in [-0.25, -0.2) is 9.67 Å². The summed E-state index contributed by atoms with van der Waals surface area (Å²) >= 11 is 0. The van der Waals surface area contributed by atoms with E-state index in [4.69, 9.17) is 5.26 Å². The number of rotatable bonds is 7. The summed E-state index contributed by atoms with van der Waals surface area (Å²) in [5, 5.41) is 12.0. The highest BCUT2D eigenvalue weighted by atomic mass is 16.2. The van der Waals surface area contributed by atoms with Crippen LogP contribution < -0.4 is 5.56 Å². The number of nitrogens with zero attached hydrogens (tertiary/aromatic N) is 5. The van der Waals surface area contributed by atoms with Crippen LogP contribution in [-0.4, -0.2) is 63.9 Å². The number of benzene rings is 1. The predicted molar refractivity (Wildman–Crippen MR) is 133 cm³/mol. The quantitative estimate of drug-likeness (QED) is 0.509. The summed E-state index contributed by atoms with van der Waals surface area (Å²) in [6.45, 7) is 8.99. The number of aromatic nitrogens is 2. The van der Waals surface area contributed by atoms with Gasteiger partial charge in [0.05, 0.1) is 22.8 Å². The minimum atomic E-state index is -0.298. The van der Waals surface area contributed by atoms with Crippen LogP contribution in [0, 0.1) is 18.3 Å². The Labute approximate surface area is 199 Å². The van der Waals surface area contributed by atoms with Gasteiger partial charge in [-0.1, -0.05) is 25.1 Å². The van der Waals surface area contributed by atoms with Crippen LogP contribution in [0.1, 0.15) is 37.3 Å². The minimum absolute atomic E-state index is 0.0648. The molecule has 2 aliphatic rings. The normalized spacial score (nSPS) is 17.0. The molecule has 1 aromatic carbocycles. The van der Waals surface area contributed by atoms with Gasteiger partial charge in [-0.2, -0.15) is 5.26 Å². The second kappa shape index (κ2) is 9.65. The second-order valence-electron chi connectivity index (χ2n) is 9.00. The number of nitriles is 1. The molecule has 0 bridgehead atoms. The molecule has 1 aliphatic carbocycles. The van der Waals surface area contributed by atoms with Gasteiger partial charge in [-0.05, 0) is 57.0 Å². The van der Waals surface area contributed by atoms with Crippen molar-refractivity contribution in [2.24, 2.45) is 4.99 Å². The van der Waals surface area contributed by atoms with Crippen molar-refractivity contribution in [3.05, 3.63) is 64.1 Å². The summed E-state index contributed by atoms with van der Waals surface area (Å²) in [7, 11) is 2.15. The number of likely N-dealkylation sites (N-methyl/N-ethyl adjacent to an activating group) is 1. The molecule has 4 rings (SSSR count). The van der Waals surface area contributed by atoms with Gasteiger partial charge in [0, 0.05) is 37.6 Å². The number of likely N-dealkylation sites (tertiary alicyclic amines) is 1. The van der Waals surface area contributed by atoms with E-state index in [1.165, 1.54) is 30.2 Å². The Balaban J connectivity index is 1.42. The summed E-state index contributed by atoms with van der Waals surface area (Å²) in [6.07, 6.45) is 8.59. The Hall–Kier alpha value is -3.70. The summed E-state index contributed by atoms with van der Waals surface area (Å²) in [5.74, 6) is 0.117. The molecule has 0 atom stereocenters. The lowest BCUT2D eigenvalue weighted by atomic mass is 9.89. The standard InChI is InChI=1S/C26H30N6O2/c1-5-20(25(33)31-15-22(16-31)30(4)21-7-6-8-21)13-28-18(3)32-26(34)24(14-29-32)23-10-9-19(12-27)11-17(23)2/h5,9-11,13-14,21-22,29H,3,6-8,15-16H2,1-2,4H3/b20-5+,28-13?. The topological polar surface area (TPSA) is 97.5 Å². The smallest absolute Gasteiger partial charge is 0.280 e. The number of carbonyl (C=O) groups excluding carboxylic acids is 1. The third-order valence-corrected chi connectivity index (χ3v) is 6.96. The maximum absolute atomic E-state index is 13.0. The number of hydrogen-bond donors (Lipinski definition) is 1. The summed E-state index contributed by atoms with van der Waals surface area (Å²) in [5.41, 5.74) is 2.73. The first-order chi connectivity index (χ1) is 16.3. The molecule has 0 radical (unpaired) electrons. The van der Waals surface area contributed by atoms with Crippen molar-refractivity contribution in [2.75, 3.05) is 20.1 Å². The molecule has 1 saturated heterocycles. The molecule has 2 aromatic rings. The molecule has 1 saturated carbocycles. The lowest BCUT2D eigenvalue weighted by Gasteiger charge is -2.49. The van der Waals surface area contributed by atoms with Crippen molar-refractivity contribution >= 4 is 17.9 Å². The van der Waals surface area contributed by atoms with Gasteiger partial charge in [-0.15, -0.1) is 0 Å². The van der Waals surface area contributed by atoms with Crippen molar-refractivity contribution < 1.29 is 4.79 Å². The van der Waals surface area contributed by atoms with E-state index in [2.05, 4.69) is 34.7 Å². The van der Waals surface area contributed by atoms with Gasteiger partial charge in [0.25, 0.3) is 11.5 Å². The molecule has 1 aromatic heterocycles. The first-order valence-electron chi connectivity index (χ1n) is 11.6. The van der Waals surface area contributed by atoms with E-state index in [-0.39, 0.29) is 17.3 Å². The molecule has 2 heterocycles. The van der Waals surface area contributed by atoms with Crippen LogP contribution in [0.15, 0.2) is 52.4 Å². The maximum Gasteiger partial charge on any atom is 0.280 e. The fraction of sp³-hybridized carbons (Fsp3) is 0.385. The number of nitrogens with one attached hydrogen (secondary N) is 1. The predicted octanol–water partition coefficient (Wildman–Crippen LogP) is 3.16. The lowest BCUT2D eigenvalue weighted by Crippen LogP contribution is -2.63. The van der Waals surface area contributed by atoms with Crippen molar-refractivity contribution in [3.8, 4) is 17.2 Å². The van der Waals surface area contributed by atoms with Crippen LogP contribution in [0.5, 0.6) is 0 Å². The lowest BCUT2D eigenvalue weighted by molar-refractivity contribution is -0.134. The molecular formula is C26H30N6O2. The SMILES string of the molecule is C=C(N=C/C(=C\C)C(=O)N1CC(N(C)C2CCC2)C1)n1[nH]cc(-c2ccc(C#N)cc2C)c1=O. The Bertz CT molecular complexity index is 1260. The highest BCUT2D eigenvalue weighted by Crippen LogP contribution is 2.28. The average molecular weight is 459 g/mol.